The molecule has 9 heteroatoms. The molecule has 0 aliphatic rings. The van der Waals surface area contributed by atoms with E-state index in [1.165, 1.54) is 15.9 Å². The van der Waals surface area contributed by atoms with Gasteiger partial charge in [-0.3, -0.25) is 4.79 Å². The predicted molar refractivity (Wildman–Crippen MR) is 125 cm³/mol. The zero-order chi connectivity index (χ0) is 23.3. The summed E-state index contributed by atoms with van der Waals surface area (Å²) in [6.07, 6.45) is 0. The Hall–Kier alpha value is -2.49. The number of thioether (sulfide) groups is 1. The van der Waals surface area contributed by atoms with Gasteiger partial charge >= 0.3 is 0 Å². The third kappa shape index (κ3) is 5.46. The molecule has 0 saturated heterocycles. The molecule has 0 aliphatic carbocycles. The second-order valence-corrected chi connectivity index (χ2v) is 10.3. The first-order valence-corrected chi connectivity index (χ1v) is 12.9. The number of rotatable bonds is 10. The van der Waals surface area contributed by atoms with Gasteiger partial charge in [-0.25, -0.2) is 8.42 Å². The van der Waals surface area contributed by atoms with Crippen LogP contribution in [0.3, 0.4) is 0 Å². The Balaban J connectivity index is 1.70. The average molecular weight is 474 g/mol. The Labute approximate surface area is 193 Å². The van der Waals surface area contributed by atoms with Gasteiger partial charge in [-0.15, -0.1) is 10.2 Å². The van der Waals surface area contributed by atoms with E-state index in [0.29, 0.717) is 30.1 Å². The lowest BCUT2D eigenvalue weighted by molar-refractivity contribution is 0.102. The van der Waals surface area contributed by atoms with Gasteiger partial charge in [0.25, 0.3) is 5.22 Å². The van der Waals surface area contributed by atoms with Gasteiger partial charge in [-0.05, 0) is 29.7 Å². The Kier molecular flexibility index (Phi) is 7.86. The second kappa shape index (κ2) is 10.4. The van der Waals surface area contributed by atoms with Crippen LogP contribution >= 0.6 is 11.8 Å². The van der Waals surface area contributed by atoms with Crippen molar-refractivity contribution in [2.75, 3.05) is 18.8 Å². The summed E-state index contributed by atoms with van der Waals surface area (Å²) in [5.74, 6) is 0.750. The van der Waals surface area contributed by atoms with E-state index in [2.05, 4.69) is 24.0 Å². The summed E-state index contributed by atoms with van der Waals surface area (Å²) in [6.45, 7) is 8.58. The predicted octanol–water partition coefficient (Wildman–Crippen LogP) is 4.87. The topological polar surface area (TPSA) is 93.4 Å². The largest absolute Gasteiger partial charge is 0.411 e. The summed E-state index contributed by atoms with van der Waals surface area (Å²) in [6, 6.07) is 14.0. The van der Waals surface area contributed by atoms with E-state index < -0.39 is 10.0 Å². The molecule has 3 rings (SSSR count). The summed E-state index contributed by atoms with van der Waals surface area (Å²) in [7, 11) is -3.59. The molecule has 170 valence electrons. The van der Waals surface area contributed by atoms with E-state index in [0.717, 1.165) is 11.8 Å². The van der Waals surface area contributed by atoms with E-state index in [4.69, 9.17) is 4.42 Å². The first kappa shape index (κ1) is 24.2. The number of benzene rings is 2. The Morgan fingerprint density at radius 1 is 1.06 bits per heavy atom. The Bertz CT molecular complexity index is 1170. The molecule has 0 N–H and O–H groups in total. The molecular weight excluding hydrogens is 446 g/mol. The molecule has 0 saturated carbocycles. The van der Waals surface area contributed by atoms with Crippen molar-refractivity contribution in [1.82, 2.24) is 14.5 Å². The summed E-state index contributed by atoms with van der Waals surface area (Å²) in [4.78, 5) is 12.6. The number of aromatic nitrogens is 2. The molecule has 2 aromatic carbocycles. The van der Waals surface area contributed by atoms with Crippen molar-refractivity contribution in [3.63, 3.8) is 0 Å². The van der Waals surface area contributed by atoms with Crippen LogP contribution < -0.4 is 0 Å². The Morgan fingerprint density at radius 3 is 2.38 bits per heavy atom. The van der Waals surface area contributed by atoms with Crippen LogP contribution in [0.15, 0.2) is 63.1 Å². The van der Waals surface area contributed by atoms with Crippen LogP contribution in [-0.2, 0) is 10.0 Å². The molecule has 0 atom stereocenters. The maximum Gasteiger partial charge on any atom is 0.277 e. The highest BCUT2D eigenvalue weighted by atomic mass is 32.2. The van der Waals surface area contributed by atoms with E-state index in [1.54, 1.807) is 32.0 Å². The molecule has 0 fully saturated rings. The fourth-order valence-corrected chi connectivity index (χ4v) is 5.31. The van der Waals surface area contributed by atoms with Crippen LogP contribution in [0.25, 0.3) is 11.5 Å². The SMILES string of the molecule is CCN(CC)S(=O)(=O)c1cccc(-c2nnc(SCC(=O)c3ccc(C(C)C)cc3)o2)c1. The zero-order valence-electron chi connectivity index (χ0n) is 18.6. The highest BCUT2D eigenvalue weighted by Gasteiger charge is 2.22. The highest BCUT2D eigenvalue weighted by Crippen LogP contribution is 2.27. The number of sulfonamides is 1. The molecule has 0 unspecified atom stereocenters. The first-order chi connectivity index (χ1) is 15.3. The van der Waals surface area contributed by atoms with Crippen molar-refractivity contribution in [2.24, 2.45) is 0 Å². The minimum absolute atomic E-state index is 0.0302. The molecule has 0 amide bonds. The van der Waals surface area contributed by atoms with E-state index in [1.807, 2.05) is 24.3 Å². The second-order valence-electron chi connectivity index (χ2n) is 7.48. The third-order valence-corrected chi connectivity index (χ3v) is 7.92. The summed E-state index contributed by atoms with van der Waals surface area (Å²) in [5, 5.41) is 8.26. The fourth-order valence-electron chi connectivity index (χ4n) is 3.15. The monoisotopic (exact) mass is 473 g/mol. The molecule has 1 aromatic heterocycles. The molecule has 7 nitrogen and oxygen atoms in total. The molecule has 32 heavy (non-hydrogen) atoms. The number of ketones is 1. The molecule has 0 aliphatic heterocycles. The molecule has 0 radical (unpaired) electrons. The molecule has 0 spiro atoms. The summed E-state index contributed by atoms with van der Waals surface area (Å²) in [5.41, 5.74) is 2.32. The molecule has 3 aromatic rings. The number of nitrogens with zero attached hydrogens (tertiary/aromatic N) is 3. The van der Waals surface area contributed by atoms with E-state index >= 15 is 0 Å². The van der Waals surface area contributed by atoms with Gasteiger partial charge in [-0.2, -0.15) is 4.31 Å². The number of hydrogen-bond donors (Lipinski definition) is 0. The number of Topliss-reactive ketones (excluding diaryl/α,β-unsaturated/α-hetero) is 1. The normalized spacial score (nSPS) is 11.9. The maximum atomic E-state index is 12.8. The van der Waals surface area contributed by atoms with Crippen molar-refractivity contribution in [3.8, 4) is 11.5 Å². The van der Waals surface area contributed by atoms with Crippen LogP contribution in [0, 0.1) is 0 Å². The minimum atomic E-state index is -3.59. The lowest BCUT2D eigenvalue weighted by atomic mass is 10.0. The Morgan fingerprint density at radius 2 is 1.75 bits per heavy atom. The smallest absolute Gasteiger partial charge is 0.277 e. The summed E-state index contributed by atoms with van der Waals surface area (Å²) < 4.78 is 32.6. The van der Waals surface area contributed by atoms with Crippen molar-refractivity contribution in [3.05, 3.63) is 59.7 Å². The summed E-state index contributed by atoms with van der Waals surface area (Å²) >= 11 is 1.15. The van der Waals surface area contributed by atoms with Crippen LogP contribution in [0.2, 0.25) is 0 Å². The van der Waals surface area contributed by atoms with Gasteiger partial charge in [0.2, 0.25) is 15.9 Å². The van der Waals surface area contributed by atoms with Gasteiger partial charge in [0.15, 0.2) is 5.78 Å². The van der Waals surface area contributed by atoms with Gasteiger partial charge in [0.05, 0.1) is 10.6 Å². The first-order valence-electron chi connectivity index (χ1n) is 10.5. The minimum Gasteiger partial charge on any atom is -0.411 e. The van der Waals surface area contributed by atoms with Crippen LogP contribution in [-0.4, -0.2) is 47.5 Å². The lowest BCUT2D eigenvalue weighted by Crippen LogP contribution is -2.30. The maximum absolute atomic E-state index is 12.8. The van der Waals surface area contributed by atoms with Crippen LogP contribution in [0.1, 0.15) is 49.5 Å². The van der Waals surface area contributed by atoms with E-state index in [9.17, 15) is 13.2 Å². The van der Waals surface area contributed by atoms with Crippen molar-refractivity contribution in [1.29, 1.82) is 0 Å². The lowest BCUT2D eigenvalue weighted by Gasteiger charge is -2.18. The van der Waals surface area contributed by atoms with Gasteiger partial charge in [-0.1, -0.05) is 69.8 Å². The van der Waals surface area contributed by atoms with Crippen molar-refractivity contribution < 1.29 is 17.6 Å². The zero-order valence-corrected chi connectivity index (χ0v) is 20.2. The van der Waals surface area contributed by atoms with Crippen LogP contribution in [0.5, 0.6) is 0 Å². The molecule has 1 heterocycles. The third-order valence-electron chi connectivity index (χ3n) is 5.06. The number of hydrogen-bond acceptors (Lipinski definition) is 7. The highest BCUT2D eigenvalue weighted by molar-refractivity contribution is 7.99. The quantitative estimate of drug-likeness (QED) is 0.306. The standard InChI is InChI=1S/C23H27N3O4S2/c1-5-26(6-2)32(28,29)20-9-7-8-19(14-20)22-24-25-23(30-22)31-15-21(27)18-12-10-17(11-13-18)16(3)4/h7-14,16H,5-6,15H2,1-4H3. The van der Waals surface area contributed by atoms with Crippen molar-refractivity contribution in [2.45, 2.75) is 43.7 Å². The van der Waals surface area contributed by atoms with Gasteiger partial charge in [0, 0.05) is 24.2 Å². The molecule has 0 bridgehead atoms. The van der Waals surface area contributed by atoms with Crippen LogP contribution in [0.4, 0.5) is 0 Å². The molecular formula is C23H27N3O4S2. The number of carbonyl (C=O) groups excluding carboxylic acids is 1. The van der Waals surface area contributed by atoms with Gasteiger partial charge in [0.1, 0.15) is 0 Å². The van der Waals surface area contributed by atoms with Crippen molar-refractivity contribution >= 4 is 27.6 Å². The van der Waals surface area contributed by atoms with E-state index in [-0.39, 0.29) is 27.5 Å². The van der Waals surface area contributed by atoms with Gasteiger partial charge < -0.3 is 4.42 Å². The fraction of sp³-hybridized carbons (Fsp3) is 0.348. The average Bonchev–Trinajstić information content (AvgIpc) is 3.27. The number of carbonyl (C=O) groups is 1.